The van der Waals surface area contributed by atoms with Crippen molar-refractivity contribution in [2.45, 2.75) is 20.0 Å². The van der Waals surface area contributed by atoms with Crippen molar-refractivity contribution in [2.75, 3.05) is 0 Å². The van der Waals surface area contributed by atoms with E-state index in [1.807, 2.05) is 0 Å². The normalized spacial score (nSPS) is 9.75. The fourth-order valence-corrected chi connectivity index (χ4v) is 0.566. The van der Waals surface area contributed by atoms with Crippen LogP contribution in [0.25, 0.3) is 0 Å². The summed E-state index contributed by atoms with van der Waals surface area (Å²) in [5.41, 5.74) is 0. The van der Waals surface area contributed by atoms with Crippen LogP contribution >= 0.6 is 8.60 Å². The summed E-state index contributed by atoms with van der Waals surface area (Å²) in [5, 5.41) is 0. The van der Waals surface area contributed by atoms with Crippen molar-refractivity contribution in [1.82, 2.24) is 0 Å². The topological polar surface area (TPSA) is 49.7 Å². The summed E-state index contributed by atoms with van der Waals surface area (Å²) in [6.07, 6.45) is -0.0962. The van der Waals surface area contributed by atoms with Crippen LogP contribution in [0.2, 0.25) is 0 Å². The third kappa shape index (κ3) is 10.3. The minimum Gasteiger partial charge on any atom is -1.00 e. The van der Waals surface area contributed by atoms with Crippen molar-refractivity contribution < 1.29 is 45.3 Å². The Balaban J connectivity index is -0.000000180. The number of hydrogen-bond acceptors (Lipinski definition) is 3. The summed E-state index contributed by atoms with van der Waals surface area (Å²) in [7, 11) is -2.14. The molecule has 0 amide bonds. The third-order valence-corrected chi connectivity index (χ3v) is 0.915. The van der Waals surface area contributed by atoms with Gasteiger partial charge in [-0.05, 0) is 13.8 Å². The summed E-state index contributed by atoms with van der Waals surface area (Å²) in [6, 6.07) is 0. The summed E-state index contributed by atoms with van der Waals surface area (Å²) in [4.78, 5) is 16.2. The zero-order valence-electron chi connectivity index (χ0n) is 6.33. The molecule has 5 heteroatoms. The van der Waals surface area contributed by atoms with Crippen LogP contribution in [-0.4, -0.2) is 15.9 Å². The molecule has 46 valence electrons. The molecule has 0 saturated heterocycles. The molecule has 2 N–H and O–H groups in total. The van der Waals surface area contributed by atoms with Crippen LogP contribution in [0.3, 0.4) is 0 Å². The van der Waals surface area contributed by atoms with Crippen LogP contribution in [0.1, 0.15) is 15.3 Å². The second-order valence-corrected chi connectivity index (χ2v) is 2.12. The van der Waals surface area contributed by atoms with Gasteiger partial charge in [0.1, 0.15) is 0 Å². The van der Waals surface area contributed by atoms with E-state index in [0.717, 1.165) is 0 Å². The van der Waals surface area contributed by atoms with E-state index in [4.69, 9.17) is 9.79 Å². The van der Waals surface area contributed by atoms with Gasteiger partial charge in [-0.15, -0.1) is 0 Å². The second-order valence-electron chi connectivity index (χ2n) is 1.41. The first kappa shape index (κ1) is 12.0. The molecular weight excluding hydrogens is 138 g/mol. The van der Waals surface area contributed by atoms with Crippen molar-refractivity contribution in [3.63, 3.8) is 0 Å². The van der Waals surface area contributed by atoms with Gasteiger partial charge in [0.15, 0.2) is 0 Å². The molecule has 0 rings (SSSR count). The zero-order valence-corrected chi connectivity index (χ0v) is 8.22. The van der Waals surface area contributed by atoms with Gasteiger partial charge >= 0.3 is 38.2 Å². The fourth-order valence-electron chi connectivity index (χ4n) is 0.189. The summed E-state index contributed by atoms with van der Waals surface area (Å²) >= 11 is 0. The van der Waals surface area contributed by atoms with E-state index in [0.29, 0.717) is 0 Å². The van der Waals surface area contributed by atoms with E-state index in [-0.39, 0.29) is 37.1 Å². The van der Waals surface area contributed by atoms with E-state index in [1.54, 1.807) is 13.8 Å². The largest absolute Gasteiger partial charge is 1.00 e. The van der Waals surface area contributed by atoms with E-state index in [1.165, 1.54) is 0 Å². The van der Waals surface area contributed by atoms with E-state index in [2.05, 4.69) is 4.52 Å². The van der Waals surface area contributed by atoms with Gasteiger partial charge in [0, 0.05) is 0 Å². The van der Waals surface area contributed by atoms with E-state index in [9.17, 15) is 0 Å². The van der Waals surface area contributed by atoms with Gasteiger partial charge in [0.2, 0.25) is 0 Å². The maximum atomic E-state index is 8.12. The quantitative estimate of drug-likeness (QED) is 0.343. The van der Waals surface area contributed by atoms with Crippen LogP contribution in [0.5, 0.6) is 0 Å². The average Bonchev–Trinajstić information content (AvgIpc) is 1.27. The molecule has 0 aromatic heterocycles. The Morgan fingerprint density at radius 2 is 1.88 bits per heavy atom. The minimum absolute atomic E-state index is 0. The Bertz CT molecular complexity index is 48.3. The SMILES string of the molecule is CC(C)OP(O)O.[H-].[Na+]. The van der Waals surface area contributed by atoms with Crippen LogP contribution in [0.15, 0.2) is 0 Å². The fraction of sp³-hybridized carbons (Fsp3) is 1.00. The molecule has 0 saturated carbocycles. The Labute approximate surface area is 73.8 Å². The van der Waals surface area contributed by atoms with Crippen LogP contribution < -0.4 is 29.6 Å². The number of hydrogen-bond donors (Lipinski definition) is 2. The van der Waals surface area contributed by atoms with Gasteiger partial charge in [-0.25, -0.2) is 0 Å². The molecule has 0 aliphatic heterocycles. The first-order chi connectivity index (χ1) is 3.13. The van der Waals surface area contributed by atoms with Gasteiger partial charge < -0.3 is 15.7 Å². The number of rotatable bonds is 2. The van der Waals surface area contributed by atoms with Crippen LogP contribution in [-0.2, 0) is 4.52 Å². The average molecular weight is 148 g/mol. The van der Waals surface area contributed by atoms with Gasteiger partial charge in [0.25, 0.3) is 0 Å². The molecule has 0 atom stereocenters. The van der Waals surface area contributed by atoms with Crippen molar-refractivity contribution in [2.24, 2.45) is 0 Å². The summed E-state index contributed by atoms with van der Waals surface area (Å²) < 4.78 is 4.43. The molecule has 0 bridgehead atoms. The van der Waals surface area contributed by atoms with Crippen molar-refractivity contribution in [1.29, 1.82) is 0 Å². The van der Waals surface area contributed by atoms with Crippen molar-refractivity contribution in [3.05, 3.63) is 0 Å². The van der Waals surface area contributed by atoms with Crippen molar-refractivity contribution >= 4 is 8.60 Å². The molecule has 0 radical (unpaired) electrons. The monoisotopic (exact) mass is 148 g/mol. The standard InChI is InChI=1S/C3H9O3P.Na.H/c1-3(2)6-7(4)5;;/h3-5H,1-2H3;;/q;+1;-1. The molecule has 8 heavy (non-hydrogen) atoms. The molecule has 0 aliphatic carbocycles. The predicted octanol–water partition coefficient (Wildman–Crippen LogP) is -2.26. The molecule has 3 nitrogen and oxygen atoms in total. The molecule has 0 spiro atoms. The minimum atomic E-state index is -2.14. The first-order valence-electron chi connectivity index (χ1n) is 1.97. The van der Waals surface area contributed by atoms with Gasteiger partial charge in [0.05, 0.1) is 6.10 Å². The van der Waals surface area contributed by atoms with Gasteiger partial charge in [-0.1, -0.05) is 0 Å². The Morgan fingerprint density at radius 1 is 1.50 bits per heavy atom. The van der Waals surface area contributed by atoms with E-state index >= 15 is 0 Å². The molecule has 0 aromatic rings. The Hall–Kier alpha value is 1.31. The zero-order chi connectivity index (χ0) is 5.86. The Morgan fingerprint density at radius 3 is 1.88 bits per heavy atom. The summed E-state index contributed by atoms with van der Waals surface area (Å²) in [5.74, 6) is 0. The maximum absolute atomic E-state index is 8.12. The van der Waals surface area contributed by atoms with Gasteiger partial charge in [-0.3, -0.25) is 0 Å². The first-order valence-corrected chi connectivity index (χ1v) is 3.14. The third-order valence-electron chi connectivity index (χ3n) is 0.305. The molecule has 0 aliphatic rings. The molecule has 0 heterocycles. The Kier molecular flexibility index (Phi) is 9.67. The molecule has 0 unspecified atom stereocenters. The maximum Gasteiger partial charge on any atom is 1.00 e. The predicted molar refractivity (Wildman–Crippen MR) is 28.7 cm³/mol. The van der Waals surface area contributed by atoms with Crippen molar-refractivity contribution in [3.8, 4) is 0 Å². The molecular formula is C3H10NaO3P. The summed E-state index contributed by atoms with van der Waals surface area (Å²) in [6.45, 7) is 3.48. The van der Waals surface area contributed by atoms with E-state index < -0.39 is 8.60 Å². The second kappa shape index (κ2) is 6.43. The van der Waals surface area contributed by atoms with Crippen LogP contribution in [0, 0.1) is 0 Å². The van der Waals surface area contributed by atoms with Gasteiger partial charge in [-0.2, -0.15) is 0 Å². The molecule has 0 aromatic carbocycles. The molecule has 0 fully saturated rings. The van der Waals surface area contributed by atoms with Crippen LogP contribution in [0.4, 0.5) is 0 Å². The smallest absolute Gasteiger partial charge is 1.00 e.